The fraction of sp³-hybridized carbons (Fsp3) is 0.769. The number of carbonyl (C=O) groups excluding carboxylic acids is 1. The summed E-state index contributed by atoms with van der Waals surface area (Å²) in [6, 6.07) is 0.522. The average Bonchev–Trinajstić information content (AvgIpc) is 2.62. The van der Waals surface area contributed by atoms with Gasteiger partial charge in [-0.3, -0.25) is 0 Å². The van der Waals surface area contributed by atoms with Crippen LogP contribution in [0.2, 0.25) is 0 Å². The van der Waals surface area contributed by atoms with Crippen LogP contribution in [0.4, 0.5) is 10.8 Å². The first-order valence-corrected chi connectivity index (χ1v) is 6.88. The molecule has 20 heavy (non-hydrogen) atoms. The highest BCUT2D eigenvalue weighted by molar-refractivity contribution is 5.68. The molecule has 1 aliphatic heterocycles. The summed E-state index contributed by atoms with van der Waals surface area (Å²) in [5.74, 6) is 0.549. The maximum Gasteiger partial charge on any atom is 0.410 e. The molecule has 0 radical (unpaired) electrons. The first-order chi connectivity index (χ1) is 9.35. The molecule has 1 amide bonds. The number of aromatic nitrogens is 2. The van der Waals surface area contributed by atoms with Gasteiger partial charge in [-0.05, 0) is 27.2 Å². The number of carbonyl (C=O) groups is 1. The molecule has 7 nitrogen and oxygen atoms in total. The largest absolute Gasteiger partial charge is 0.444 e. The van der Waals surface area contributed by atoms with E-state index in [9.17, 15) is 4.79 Å². The van der Waals surface area contributed by atoms with Crippen molar-refractivity contribution in [3.05, 3.63) is 5.89 Å². The molecular weight excluding hydrogens is 260 g/mol. The lowest BCUT2D eigenvalue weighted by Crippen LogP contribution is -2.39. The molecule has 0 N–H and O–H groups in total. The molecule has 2 rings (SSSR count). The third-order valence-corrected chi connectivity index (χ3v) is 2.93. The highest BCUT2D eigenvalue weighted by Gasteiger charge is 2.25. The molecular formula is C13H22N4O3. The van der Waals surface area contributed by atoms with Crippen LogP contribution in [0.3, 0.4) is 0 Å². The highest BCUT2D eigenvalue weighted by atomic mass is 16.6. The third kappa shape index (κ3) is 3.85. The van der Waals surface area contributed by atoms with Crippen LogP contribution in [0.15, 0.2) is 4.42 Å². The Hall–Kier alpha value is -1.79. The Morgan fingerprint density at radius 1 is 1.20 bits per heavy atom. The fourth-order valence-electron chi connectivity index (χ4n) is 2.03. The van der Waals surface area contributed by atoms with Crippen LogP contribution in [-0.2, 0) is 4.74 Å². The molecule has 1 saturated heterocycles. The van der Waals surface area contributed by atoms with E-state index in [1.807, 2.05) is 25.7 Å². The van der Waals surface area contributed by atoms with E-state index in [2.05, 4.69) is 10.2 Å². The van der Waals surface area contributed by atoms with Crippen LogP contribution in [-0.4, -0.2) is 53.0 Å². The number of amides is 1. The summed E-state index contributed by atoms with van der Waals surface area (Å²) < 4.78 is 10.8. The molecule has 0 saturated carbocycles. The Morgan fingerprint density at radius 3 is 2.55 bits per heavy atom. The second-order valence-corrected chi connectivity index (χ2v) is 5.91. The summed E-state index contributed by atoms with van der Waals surface area (Å²) >= 11 is 0. The normalized spacial score (nSPS) is 17.0. The summed E-state index contributed by atoms with van der Waals surface area (Å²) in [4.78, 5) is 15.8. The van der Waals surface area contributed by atoms with E-state index < -0.39 is 5.60 Å². The zero-order valence-electron chi connectivity index (χ0n) is 12.5. The van der Waals surface area contributed by atoms with Gasteiger partial charge in [-0.25, -0.2) is 4.79 Å². The minimum atomic E-state index is -0.466. The molecule has 2 heterocycles. The maximum atomic E-state index is 12.0. The standard InChI is InChI=1S/C13H22N4O3/c1-10-14-15-11(19-10)16-6-5-7-17(9-8-16)12(18)20-13(2,3)4/h5-9H2,1-4H3. The lowest BCUT2D eigenvalue weighted by Gasteiger charge is -2.26. The number of hydrogen-bond acceptors (Lipinski definition) is 6. The van der Waals surface area contributed by atoms with Gasteiger partial charge in [-0.15, -0.1) is 5.10 Å². The quantitative estimate of drug-likeness (QED) is 0.782. The van der Waals surface area contributed by atoms with Crippen LogP contribution in [0, 0.1) is 6.92 Å². The Balaban J connectivity index is 1.94. The zero-order valence-corrected chi connectivity index (χ0v) is 12.5. The molecule has 0 atom stereocenters. The SMILES string of the molecule is Cc1nnc(N2CCCN(C(=O)OC(C)(C)C)CC2)o1. The first-order valence-electron chi connectivity index (χ1n) is 6.88. The van der Waals surface area contributed by atoms with E-state index in [0.29, 0.717) is 31.5 Å². The van der Waals surface area contributed by atoms with E-state index in [1.165, 1.54) is 0 Å². The molecule has 112 valence electrons. The van der Waals surface area contributed by atoms with Crippen molar-refractivity contribution in [3.63, 3.8) is 0 Å². The van der Waals surface area contributed by atoms with Gasteiger partial charge in [0.25, 0.3) is 0 Å². The van der Waals surface area contributed by atoms with Crippen molar-refractivity contribution in [2.24, 2.45) is 0 Å². The van der Waals surface area contributed by atoms with Gasteiger partial charge in [0, 0.05) is 33.1 Å². The molecule has 1 aliphatic rings. The summed E-state index contributed by atoms with van der Waals surface area (Å²) in [5, 5.41) is 7.85. The van der Waals surface area contributed by atoms with Crippen LogP contribution in [0.1, 0.15) is 33.1 Å². The average molecular weight is 282 g/mol. The van der Waals surface area contributed by atoms with Crippen molar-refractivity contribution in [1.82, 2.24) is 15.1 Å². The van der Waals surface area contributed by atoms with Crippen molar-refractivity contribution < 1.29 is 13.9 Å². The van der Waals surface area contributed by atoms with Crippen LogP contribution in [0.5, 0.6) is 0 Å². The highest BCUT2D eigenvalue weighted by Crippen LogP contribution is 2.16. The summed E-state index contributed by atoms with van der Waals surface area (Å²) in [7, 11) is 0. The van der Waals surface area contributed by atoms with E-state index >= 15 is 0 Å². The number of nitrogens with zero attached hydrogens (tertiary/aromatic N) is 4. The minimum Gasteiger partial charge on any atom is -0.444 e. The Bertz CT molecular complexity index is 466. The van der Waals surface area contributed by atoms with E-state index in [1.54, 1.807) is 11.8 Å². The van der Waals surface area contributed by atoms with E-state index in [-0.39, 0.29) is 6.09 Å². The molecule has 1 aromatic heterocycles. The topological polar surface area (TPSA) is 71.7 Å². The smallest absolute Gasteiger partial charge is 0.410 e. The van der Waals surface area contributed by atoms with Crippen molar-refractivity contribution in [2.45, 2.75) is 39.7 Å². The summed E-state index contributed by atoms with van der Waals surface area (Å²) in [5.41, 5.74) is -0.466. The zero-order chi connectivity index (χ0) is 14.8. The number of anilines is 1. The molecule has 7 heteroatoms. The van der Waals surface area contributed by atoms with Gasteiger partial charge < -0.3 is 19.0 Å². The maximum absolute atomic E-state index is 12.0. The van der Waals surface area contributed by atoms with Gasteiger partial charge >= 0.3 is 12.1 Å². The molecule has 0 aliphatic carbocycles. The predicted molar refractivity (Wildman–Crippen MR) is 73.7 cm³/mol. The van der Waals surface area contributed by atoms with Gasteiger partial charge in [0.1, 0.15) is 5.60 Å². The number of ether oxygens (including phenoxy) is 1. The Morgan fingerprint density at radius 2 is 1.95 bits per heavy atom. The van der Waals surface area contributed by atoms with Gasteiger partial charge in [0.15, 0.2) is 0 Å². The monoisotopic (exact) mass is 282 g/mol. The third-order valence-electron chi connectivity index (χ3n) is 2.93. The Kier molecular flexibility index (Phi) is 4.15. The Labute approximate surface area is 118 Å². The van der Waals surface area contributed by atoms with Gasteiger partial charge in [0.05, 0.1) is 0 Å². The lowest BCUT2D eigenvalue weighted by molar-refractivity contribution is 0.0263. The first kappa shape index (κ1) is 14.6. The van der Waals surface area contributed by atoms with Gasteiger partial charge in [0.2, 0.25) is 5.89 Å². The second-order valence-electron chi connectivity index (χ2n) is 5.91. The molecule has 0 spiro atoms. The van der Waals surface area contributed by atoms with Crippen molar-refractivity contribution in [2.75, 3.05) is 31.1 Å². The fourth-order valence-corrected chi connectivity index (χ4v) is 2.03. The predicted octanol–water partition coefficient (Wildman–Crippen LogP) is 1.83. The lowest BCUT2D eigenvalue weighted by atomic mass is 10.2. The van der Waals surface area contributed by atoms with Crippen LogP contribution in [0.25, 0.3) is 0 Å². The second kappa shape index (κ2) is 5.68. The van der Waals surface area contributed by atoms with E-state index in [4.69, 9.17) is 9.15 Å². The number of hydrogen-bond donors (Lipinski definition) is 0. The number of rotatable bonds is 1. The number of aryl methyl sites for hydroxylation is 1. The van der Waals surface area contributed by atoms with Crippen molar-refractivity contribution >= 4 is 12.1 Å². The summed E-state index contributed by atoms with van der Waals surface area (Å²) in [6.07, 6.45) is 0.585. The van der Waals surface area contributed by atoms with Crippen LogP contribution >= 0.6 is 0 Å². The molecule has 1 fully saturated rings. The van der Waals surface area contributed by atoms with Crippen LogP contribution < -0.4 is 4.90 Å². The van der Waals surface area contributed by atoms with Crippen molar-refractivity contribution in [3.8, 4) is 0 Å². The summed E-state index contributed by atoms with van der Waals surface area (Å²) in [6.45, 7) is 10.1. The van der Waals surface area contributed by atoms with Gasteiger partial charge in [-0.1, -0.05) is 5.10 Å². The van der Waals surface area contributed by atoms with Gasteiger partial charge in [-0.2, -0.15) is 0 Å². The molecule has 0 bridgehead atoms. The van der Waals surface area contributed by atoms with E-state index in [0.717, 1.165) is 13.0 Å². The van der Waals surface area contributed by atoms with Crippen molar-refractivity contribution in [1.29, 1.82) is 0 Å². The molecule has 0 unspecified atom stereocenters. The minimum absolute atomic E-state index is 0.263. The molecule has 1 aromatic rings. The molecule has 0 aromatic carbocycles.